The summed E-state index contributed by atoms with van der Waals surface area (Å²) in [5.41, 5.74) is 0. The summed E-state index contributed by atoms with van der Waals surface area (Å²) in [6, 6.07) is 0.706. The molecule has 19 heavy (non-hydrogen) atoms. The first-order valence-corrected chi connectivity index (χ1v) is 8.03. The lowest BCUT2D eigenvalue weighted by molar-refractivity contribution is 0.185. The molecule has 4 nitrogen and oxygen atoms in total. The largest absolute Gasteiger partial charge is 0.341 e. The maximum absolute atomic E-state index is 12.8. The van der Waals surface area contributed by atoms with Gasteiger partial charge in [0.2, 0.25) is 5.95 Å². The quantitative estimate of drug-likeness (QED) is 0.823. The number of piperidine rings is 1. The van der Waals surface area contributed by atoms with E-state index in [1.54, 1.807) is 0 Å². The second-order valence-corrected chi connectivity index (χ2v) is 6.29. The lowest BCUT2D eigenvalue weighted by Crippen LogP contribution is -2.48. The molecule has 2 aliphatic rings. The van der Waals surface area contributed by atoms with Gasteiger partial charge in [-0.25, -0.2) is 14.4 Å². The van der Waals surface area contributed by atoms with Gasteiger partial charge in [-0.2, -0.15) is 11.8 Å². The normalized spacial score (nSPS) is 22.7. The van der Waals surface area contributed by atoms with Crippen LogP contribution in [0.4, 0.5) is 10.3 Å². The van der Waals surface area contributed by atoms with Crippen molar-refractivity contribution >= 4 is 17.7 Å². The minimum absolute atomic E-state index is 0.371. The molecule has 0 aliphatic carbocycles. The van der Waals surface area contributed by atoms with E-state index in [1.165, 1.54) is 37.0 Å². The summed E-state index contributed by atoms with van der Waals surface area (Å²) in [7, 11) is 0. The van der Waals surface area contributed by atoms with Gasteiger partial charge in [-0.3, -0.25) is 4.90 Å². The topological polar surface area (TPSA) is 32.3 Å². The third-order valence-electron chi connectivity index (χ3n) is 3.92. The van der Waals surface area contributed by atoms with Crippen LogP contribution >= 0.6 is 11.8 Å². The first-order chi connectivity index (χ1) is 9.33. The number of nitrogens with zero attached hydrogens (tertiary/aromatic N) is 4. The Morgan fingerprint density at radius 1 is 1.05 bits per heavy atom. The number of hydrogen-bond donors (Lipinski definition) is 0. The number of hydrogen-bond acceptors (Lipinski definition) is 5. The maximum Gasteiger partial charge on any atom is 0.225 e. The molecule has 0 spiro atoms. The van der Waals surface area contributed by atoms with Crippen molar-refractivity contribution < 1.29 is 4.39 Å². The third-order valence-corrected chi connectivity index (χ3v) is 4.86. The van der Waals surface area contributed by atoms with Gasteiger partial charge in [-0.15, -0.1) is 0 Å². The van der Waals surface area contributed by atoms with Crippen molar-refractivity contribution in [3.8, 4) is 0 Å². The Morgan fingerprint density at radius 3 is 2.32 bits per heavy atom. The Bertz CT molecular complexity index is 400. The van der Waals surface area contributed by atoms with E-state index < -0.39 is 0 Å². The highest BCUT2D eigenvalue weighted by Gasteiger charge is 2.26. The second kappa shape index (κ2) is 6.05. The smallest absolute Gasteiger partial charge is 0.225 e. The molecular formula is C13H19FN4S. The lowest BCUT2D eigenvalue weighted by atomic mass is 10.0. The summed E-state index contributed by atoms with van der Waals surface area (Å²) in [5, 5.41) is 0. The zero-order chi connectivity index (χ0) is 13.1. The van der Waals surface area contributed by atoms with Crippen LogP contribution in [0.1, 0.15) is 12.8 Å². The summed E-state index contributed by atoms with van der Waals surface area (Å²) in [6.07, 6.45) is 4.81. The van der Waals surface area contributed by atoms with Gasteiger partial charge < -0.3 is 4.90 Å². The van der Waals surface area contributed by atoms with Gasteiger partial charge in [-0.1, -0.05) is 0 Å². The van der Waals surface area contributed by atoms with E-state index in [2.05, 4.69) is 31.5 Å². The second-order valence-electron chi connectivity index (χ2n) is 5.07. The van der Waals surface area contributed by atoms with Crippen molar-refractivity contribution in [2.75, 3.05) is 42.6 Å². The molecule has 2 aliphatic heterocycles. The van der Waals surface area contributed by atoms with Gasteiger partial charge in [0.05, 0.1) is 12.4 Å². The van der Waals surface area contributed by atoms with Crippen LogP contribution in [-0.2, 0) is 0 Å². The van der Waals surface area contributed by atoms with Crippen molar-refractivity contribution in [3.63, 3.8) is 0 Å². The zero-order valence-corrected chi connectivity index (χ0v) is 11.8. The van der Waals surface area contributed by atoms with Gasteiger partial charge in [0.1, 0.15) is 0 Å². The van der Waals surface area contributed by atoms with Crippen LogP contribution in [0.2, 0.25) is 0 Å². The lowest BCUT2D eigenvalue weighted by Gasteiger charge is -2.40. The van der Waals surface area contributed by atoms with E-state index in [-0.39, 0.29) is 5.82 Å². The molecule has 0 aromatic carbocycles. The van der Waals surface area contributed by atoms with E-state index in [4.69, 9.17) is 0 Å². The van der Waals surface area contributed by atoms with Crippen molar-refractivity contribution in [1.82, 2.24) is 14.9 Å². The van der Waals surface area contributed by atoms with Crippen LogP contribution < -0.4 is 4.90 Å². The molecule has 0 bridgehead atoms. The number of anilines is 1. The van der Waals surface area contributed by atoms with Crippen LogP contribution in [0.3, 0.4) is 0 Å². The van der Waals surface area contributed by atoms with Crippen LogP contribution in [0.5, 0.6) is 0 Å². The van der Waals surface area contributed by atoms with E-state index >= 15 is 0 Å². The zero-order valence-electron chi connectivity index (χ0n) is 11.0. The summed E-state index contributed by atoms with van der Waals surface area (Å²) in [6.45, 7) is 4.39. The Morgan fingerprint density at radius 2 is 1.68 bits per heavy atom. The Balaban J connectivity index is 1.55. The summed E-state index contributed by atoms with van der Waals surface area (Å²) in [4.78, 5) is 12.9. The molecule has 0 amide bonds. The molecule has 3 rings (SSSR count). The minimum Gasteiger partial charge on any atom is -0.341 e. The van der Waals surface area contributed by atoms with E-state index in [0.717, 1.165) is 25.9 Å². The number of aromatic nitrogens is 2. The fraction of sp³-hybridized carbons (Fsp3) is 0.692. The first kappa shape index (κ1) is 13.1. The Kier molecular flexibility index (Phi) is 4.18. The monoisotopic (exact) mass is 282 g/mol. The van der Waals surface area contributed by atoms with Gasteiger partial charge in [-0.05, 0) is 12.8 Å². The highest BCUT2D eigenvalue weighted by atomic mass is 32.2. The molecule has 6 heteroatoms. The fourth-order valence-electron chi connectivity index (χ4n) is 2.84. The molecule has 0 N–H and O–H groups in total. The van der Waals surface area contributed by atoms with Crippen LogP contribution in [0, 0.1) is 5.82 Å². The molecule has 2 fully saturated rings. The summed E-state index contributed by atoms with van der Waals surface area (Å²) < 4.78 is 12.8. The van der Waals surface area contributed by atoms with Crippen molar-refractivity contribution in [2.24, 2.45) is 0 Å². The van der Waals surface area contributed by atoms with Gasteiger partial charge in [0.15, 0.2) is 5.82 Å². The summed E-state index contributed by atoms with van der Waals surface area (Å²) >= 11 is 2.05. The molecule has 0 unspecified atom stereocenters. The molecule has 104 valence electrons. The maximum atomic E-state index is 12.8. The van der Waals surface area contributed by atoms with Gasteiger partial charge in [0, 0.05) is 43.7 Å². The van der Waals surface area contributed by atoms with Gasteiger partial charge in [0.25, 0.3) is 0 Å². The van der Waals surface area contributed by atoms with E-state index in [0.29, 0.717) is 12.0 Å². The predicted molar refractivity (Wildman–Crippen MR) is 76.1 cm³/mol. The van der Waals surface area contributed by atoms with Gasteiger partial charge >= 0.3 is 0 Å². The number of halogens is 1. The summed E-state index contributed by atoms with van der Waals surface area (Å²) in [5.74, 6) is 2.82. The highest BCUT2D eigenvalue weighted by Crippen LogP contribution is 2.22. The van der Waals surface area contributed by atoms with Crippen molar-refractivity contribution in [1.29, 1.82) is 0 Å². The van der Waals surface area contributed by atoms with Crippen LogP contribution in [0.15, 0.2) is 12.4 Å². The molecule has 3 heterocycles. The Labute approximate surface area is 117 Å². The fourth-order valence-corrected chi connectivity index (χ4v) is 3.77. The van der Waals surface area contributed by atoms with E-state index in [1.807, 2.05) is 0 Å². The van der Waals surface area contributed by atoms with Crippen LogP contribution in [-0.4, -0.2) is 58.6 Å². The SMILES string of the molecule is Fc1cnc(N2CCC(N3CCSCC3)CC2)nc1. The average Bonchev–Trinajstić information content (AvgIpc) is 2.49. The first-order valence-electron chi connectivity index (χ1n) is 6.87. The van der Waals surface area contributed by atoms with Crippen molar-refractivity contribution in [2.45, 2.75) is 18.9 Å². The minimum atomic E-state index is -0.371. The standard InChI is InChI=1S/C13H19FN4S/c14-11-9-15-13(16-10-11)18-3-1-12(2-4-18)17-5-7-19-8-6-17/h9-10,12H,1-8H2. The van der Waals surface area contributed by atoms with Crippen molar-refractivity contribution in [3.05, 3.63) is 18.2 Å². The molecule has 1 aromatic rings. The Hall–Kier alpha value is -0.880. The average molecular weight is 282 g/mol. The van der Waals surface area contributed by atoms with E-state index in [9.17, 15) is 4.39 Å². The highest BCUT2D eigenvalue weighted by molar-refractivity contribution is 7.99. The molecule has 0 radical (unpaired) electrons. The predicted octanol–water partition coefficient (Wildman–Crippen LogP) is 1.63. The third kappa shape index (κ3) is 3.17. The van der Waals surface area contributed by atoms with Crippen LogP contribution in [0.25, 0.3) is 0 Å². The molecule has 2 saturated heterocycles. The molecular weight excluding hydrogens is 263 g/mol. The molecule has 0 saturated carbocycles. The number of thioether (sulfide) groups is 1. The number of rotatable bonds is 2. The molecule has 1 aromatic heterocycles. The molecule has 0 atom stereocenters.